The minimum atomic E-state index is -0.326. The number of benzene rings is 2. The summed E-state index contributed by atoms with van der Waals surface area (Å²) in [6.45, 7) is 2.25. The van der Waals surface area contributed by atoms with Crippen molar-refractivity contribution in [2.24, 2.45) is 0 Å². The maximum Gasteiger partial charge on any atom is 0.319 e. The third kappa shape index (κ3) is 4.53. The maximum atomic E-state index is 12.1. The monoisotopic (exact) mass is 334 g/mol. The highest BCUT2D eigenvalue weighted by Crippen LogP contribution is 2.30. The Hall–Kier alpha value is -2.40. The summed E-state index contributed by atoms with van der Waals surface area (Å²) in [4.78, 5) is 12.1. The number of urea groups is 1. The number of nitrogens with one attached hydrogen (secondary N) is 2. The fourth-order valence-corrected chi connectivity index (χ4v) is 2.21. The summed E-state index contributed by atoms with van der Waals surface area (Å²) in [6, 6.07) is 10.6. The van der Waals surface area contributed by atoms with Gasteiger partial charge < -0.3 is 20.1 Å². The molecule has 0 aromatic heterocycles. The average Bonchev–Trinajstić information content (AvgIpc) is 2.56. The Morgan fingerprint density at radius 1 is 1.17 bits per heavy atom. The number of carbonyl (C=O) groups is 1. The van der Waals surface area contributed by atoms with Gasteiger partial charge in [-0.3, -0.25) is 0 Å². The van der Waals surface area contributed by atoms with Gasteiger partial charge in [-0.2, -0.15) is 0 Å². The van der Waals surface area contributed by atoms with Crippen LogP contribution in [0.2, 0.25) is 5.02 Å². The van der Waals surface area contributed by atoms with Crippen molar-refractivity contribution < 1.29 is 14.3 Å². The lowest BCUT2D eigenvalue weighted by Crippen LogP contribution is -2.28. The molecule has 2 rings (SSSR count). The third-order valence-corrected chi connectivity index (χ3v) is 3.72. The number of aryl methyl sites for hydroxylation is 1. The van der Waals surface area contributed by atoms with Crippen molar-refractivity contribution in [3.8, 4) is 11.5 Å². The van der Waals surface area contributed by atoms with Crippen molar-refractivity contribution in [3.05, 3.63) is 52.5 Å². The fraction of sp³-hybridized carbons (Fsp3) is 0.235. The second-order valence-electron chi connectivity index (χ2n) is 4.96. The number of methoxy groups -OCH3 is 2. The smallest absolute Gasteiger partial charge is 0.319 e. The number of hydrogen-bond donors (Lipinski definition) is 2. The van der Waals surface area contributed by atoms with Crippen LogP contribution in [0.4, 0.5) is 10.5 Å². The summed E-state index contributed by atoms with van der Waals surface area (Å²) < 4.78 is 10.4. The van der Waals surface area contributed by atoms with E-state index < -0.39 is 0 Å². The van der Waals surface area contributed by atoms with Gasteiger partial charge in [0, 0.05) is 17.6 Å². The first-order valence-corrected chi connectivity index (χ1v) is 7.43. The largest absolute Gasteiger partial charge is 0.497 e. The average molecular weight is 335 g/mol. The van der Waals surface area contributed by atoms with Gasteiger partial charge in [-0.25, -0.2) is 4.79 Å². The molecule has 0 atom stereocenters. The van der Waals surface area contributed by atoms with E-state index in [9.17, 15) is 4.79 Å². The molecular weight excluding hydrogens is 316 g/mol. The molecule has 0 aliphatic rings. The molecule has 2 aromatic rings. The molecule has 0 heterocycles. The van der Waals surface area contributed by atoms with E-state index in [1.54, 1.807) is 19.2 Å². The highest BCUT2D eigenvalue weighted by Gasteiger charge is 2.10. The van der Waals surface area contributed by atoms with Gasteiger partial charge >= 0.3 is 6.03 Å². The van der Waals surface area contributed by atoms with E-state index in [0.717, 1.165) is 16.9 Å². The lowest BCUT2D eigenvalue weighted by molar-refractivity contribution is 0.251. The van der Waals surface area contributed by atoms with Crippen LogP contribution in [0.3, 0.4) is 0 Å². The second-order valence-corrected chi connectivity index (χ2v) is 5.37. The van der Waals surface area contributed by atoms with Crippen LogP contribution in [0.1, 0.15) is 11.1 Å². The summed E-state index contributed by atoms with van der Waals surface area (Å²) in [7, 11) is 3.13. The van der Waals surface area contributed by atoms with Crippen molar-refractivity contribution >= 4 is 23.3 Å². The summed E-state index contributed by atoms with van der Waals surface area (Å²) >= 11 is 6.05. The number of ether oxygens (including phenoxy) is 2. The summed E-state index contributed by atoms with van der Waals surface area (Å²) in [5.41, 5.74) is 2.37. The van der Waals surface area contributed by atoms with E-state index in [1.165, 1.54) is 7.11 Å². The Morgan fingerprint density at radius 3 is 2.65 bits per heavy atom. The summed E-state index contributed by atoms with van der Waals surface area (Å²) in [5.74, 6) is 1.26. The molecule has 0 aliphatic carbocycles. The number of rotatable bonds is 5. The van der Waals surface area contributed by atoms with E-state index in [4.69, 9.17) is 21.1 Å². The molecular formula is C17H19ClN2O3. The first-order valence-electron chi connectivity index (χ1n) is 7.05. The predicted octanol–water partition coefficient (Wildman–Crippen LogP) is 3.99. The van der Waals surface area contributed by atoms with Crippen LogP contribution < -0.4 is 20.1 Å². The highest BCUT2D eigenvalue weighted by molar-refractivity contribution is 6.31. The van der Waals surface area contributed by atoms with E-state index in [2.05, 4.69) is 10.6 Å². The number of halogens is 1. The quantitative estimate of drug-likeness (QED) is 0.869. The number of anilines is 1. The Labute approximate surface area is 140 Å². The Balaban J connectivity index is 2.01. The minimum Gasteiger partial charge on any atom is -0.497 e. The molecule has 6 heteroatoms. The number of amides is 2. The van der Waals surface area contributed by atoms with E-state index in [1.807, 2.05) is 31.2 Å². The van der Waals surface area contributed by atoms with Crippen molar-refractivity contribution in [1.82, 2.24) is 5.32 Å². The molecule has 0 radical (unpaired) electrons. The van der Waals surface area contributed by atoms with Crippen LogP contribution in [0, 0.1) is 6.92 Å². The molecule has 0 saturated heterocycles. The molecule has 23 heavy (non-hydrogen) atoms. The molecule has 0 unspecified atom stereocenters. The van der Waals surface area contributed by atoms with Crippen LogP contribution in [0.15, 0.2) is 36.4 Å². The van der Waals surface area contributed by atoms with Gasteiger partial charge in [-0.15, -0.1) is 0 Å². The van der Waals surface area contributed by atoms with E-state index in [-0.39, 0.29) is 6.03 Å². The zero-order chi connectivity index (χ0) is 16.8. The SMILES string of the molecule is COc1cccc(CNC(=O)Nc2cc(C)c(Cl)cc2OC)c1. The number of hydrogen-bond acceptors (Lipinski definition) is 3. The molecule has 0 fully saturated rings. The molecule has 0 spiro atoms. The van der Waals surface area contributed by atoms with Gasteiger partial charge in [0.2, 0.25) is 0 Å². The Morgan fingerprint density at radius 2 is 1.96 bits per heavy atom. The second kappa shape index (κ2) is 7.74. The van der Waals surface area contributed by atoms with Gasteiger partial charge in [0.1, 0.15) is 11.5 Å². The molecule has 0 saturated carbocycles. The summed E-state index contributed by atoms with van der Waals surface area (Å²) in [6.07, 6.45) is 0. The Kier molecular flexibility index (Phi) is 5.71. The molecule has 2 aromatic carbocycles. The molecule has 122 valence electrons. The zero-order valence-corrected chi connectivity index (χ0v) is 14.0. The van der Waals surface area contributed by atoms with Gasteiger partial charge in [-0.05, 0) is 36.2 Å². The van der Waals surface area contributed by atoms with Crippen LogP contribution >= 0.6 is 11.6 Å². The molecule has 2 N–H and O–H groups in total. The maximum absolute atomic E-state index is 12.1. The Bertz CT molecular complexity index is 704. The lowest BCUT2D eigenvalue weighted by Gasteiger charge is -2.13. The van der Waals surface area contributed by atoms with E-state index in [0.29, 0.717) is 23.0 Å². The van der Waals surface area contributed by atoms with Gasteiger partial charge in [0.05, 0.1) is 19.9 Å². The standard InChI is InChI=1S/C17H19ClN2O3/c1-11-7-15(16(23-3)9-14(11)18)20-17(21)19-10-12-5-4-6-13(8-12)22-2/h4-9H,10H2,1-3H3,(H2,19,20,21). The highest BCUT2D eigenvalue weighted by atomic mass is 35.5. The van der Waals surface area contributed by atoms with Crippen molar-refractivity contribution in [2.45, 2.75) is 13.5 Å². The van der Waals surface area contributed by atoms with Crippen LogP contribution in [-0.2, 0) is 6.54 Å². The zero-order valence-electron chi connectivity index (χ0n) is 13.3. The molecule has 5 nitrogen and oxygen atoms in total. The minimum absolute atomic E-state index is 0.326. The van der Waals surface area contributed by atoms with Crippen LogP contribution in [0.5, 0.6) is 11.5 Å². The summed E-state index contributed by atoms with van der Waals surface area (Å²) in [5, 5.41) is 6.14. The fourth-order valence-electron chi connectivity index (χ4n) is 2.06. The third-order valence-electron chi connectivity index (χ3n) is 3.32. The van der Waals surface area contributed by atoms with Crippen molar-refractivity contribution in [1.29, 1.82) is 0 Å². The van der Waals surface area contributed by atoms with Crippen molar-refractivity contribution in [2.75, 3.05) is 19.5 Å². The number of carbonyl (C=O) groups excluding carboxylic acids is 1. The topological polar surface area (TPSA) is 59.6 Å². The molecule has 2 amide bonds. The molecule has 0 aliphatic heterocycles. The molecule has 0 bridgehead atoms. The first-order chi connectivity index (χ1) is 11.0. The van der Waals surface area contributed by atoms with Gasteiger partial charge in [0.25, 0.3) is 0 Å². The van der Waals surface area contributed by atoms with Gasteiger partial charge in [0.15, 0.2) is 0 Å². The first kappa shape index (κ1) is 17.0. The van der Waals surface area contributed by atoms with E-state index >= 15 is 0 Å². The van der Waals surface area contributed by atoms with Crippen LogP contribution in [0.25, 0.3) is 0 Å². The normalized spacial score (nSPS) is 10.1. The van der Waals surface area contributed by atoms with Crippen molar-refractivity contribution in [3.63, 3.8) is 0 Å². The lowest BCUT2D eigenvalue weighted by atomic mass is 10.2. The predicted molar refractivity (Wildman–Crippen MR) is 91.6 cm³/mol. The van der Waals surface area contributed by atoms with Gasteiger partial charge in [-0.1, -0.05) is 23.7 Å². The van der Waals surface area contributed by atoms with Crippen LogP contribution in [-0.4, -0.2) is 20.3 Å².